The van der Waals surface area contributed by atoms with Gasteiger partial charge in [0.1, 0.15) is 11.6 Å². The highest BCUT2D eigenvalue weighted by molar-refractivity contribution is 5.99. The number of aryl methyl sites for hydroxylation is 1. The number of aromatic nitrogens is 3. The van der Waals surface area contributed by atoms with Gasteiger partial charge in [-0.05, 0) is 128 Å². The van der Waals surface area contributed by atoms with E-state index in [0.717, 1.165) is 61.3 Å². The molecule has 4 nitrogen and oxygen atoms in total. The van der Waals surface area contributed by atoms with Crippen LogP contribution in [0.3, 0.4) is 0 Å². The second-order valence-electron chi connectivity index (χ2n) is 19.4. The maximum atomic E-state index is 12.7. The van der Waals surface area contributed by atoms with Crippen molar-refractivity contribution >= 4 is 11.0 Å². The van der Waals surface area contributed by atoms with Crippen molar-refractivity contribution in [2.45, 2.75) is 66.2 Å². The van der Waals surface area contributed by atoms with Gasteiger partial charge in [0.25, 0.3) is 0 Å². The molecule has 0 fully saturated rings. The van der Waals surface area contributed by atoms with E-state index in [4.69, 9.17) is 20.9 Å². The molecule has 0 aliphatic rings. The summed E-state index contributed by atoms with van der Waals surface area (Å²) >= 11 is 0. The van der Waals surface area contributed by atoms with E-state index in [9.17, 15) is 7.85 Å². The molecule has 0 radical (unpaired) electrons. The summed E-state index contributed by atoms with van der Waals surface area (Å²) in [5.74, 6) is 0.260. The Bertz CT molecular complexity index is 4030. The topological polar surface area (TPSA) is 50.9 Å². The van der Waals surface area contributed by atoms with Crippen molar-refractivity contribution in [1.82, 2.24) is 14.5 Å². The molecule has 334 valence electrons. The lowest BCUT2D eigenvalue weighted by atomic mass is 9.79. The lowest BCUT2D eigenvalue weighted by Gasteiger charge is -2.27. The van der Waals surface area contributed by atoms with E-state index >= 15 is 0 Å². The molecule has 0 saturated carbocycles. The number of imidazole rings is 1. The highest BCUT2D eigenvalue weighted by Gasteiger charge is 2.29. The Morgan fingerprint density at radius 2 is 1.15 bits per heavy atom. The standard InChI is InChI=1S/C64H57N3O/c1-41-40-65-59(42(2)58(41)46-28-19-12-20-29-46)50-35-48(44-24-15-10-16-25-44)34-49(36-50)52-30-21-31-57-60(52)66-62(54-38-51(63(3,4)5)39-55(61(54)68)64(6,7)8)67(57)56-33-32-47(43-22-13-9-14-23-43)37-53(56)45-26-17-11-18-27-45/h9-40,68H,1-8H3/i9D,11D,13D,14D,17D,18D,22D,23D,26D,27D. The van der Waals surface area contributed by atoms with Gasteiger partial charge in [-0.15, -0.1) is 0 Å². The fraction of sp³-hybridized carbons (Fsp3) is 0.156. The lowest BCUT2D eigenvalue weighted by Crippen LogP contribution is -2.17. The summed E-state index contributed by atoms with van der Waals surface area (Å²) in [6.07, 6.45) is 1.91. The number of pyridine rings is 1. The molecule has 0 unspecified atom stereocenters. The highest BCUT2D eigenvalue weighted by Crippen LogP contribution is 2.46. The number of para-hydroxylation sites is 1. The van der Waals surface area contributed by atoms with Gasteiger partial charge < -0.3 is 5.11 Å². The van der Waals surface area contributed by atoms with Crippen molar-refractivity contribution < 1.29 is 18.8 Å². The Kier molecular flexibility index (Phi) is 8.62. The van der Waals surface area contributed by atoms with Crippen LogP contribution in [0.5, 0.6) is 5.75 Å². The second kappa shape index (κ2) is 17.4. The fourth-order valence-electron chi connectivity index (χ4n) is 9.23. The van der Waals surface area contributed by atoms with Crippen molar-refractivity contribution in [1.29, 1.82) is 0 Å². The molecule has 2 aromatic heterocycles. The molecule has 0 amide bonds. The van der Waals surface area contributed by atoms with Crippen LogP contribution in [-0.2, 0) is 10.8 Å². The first-order chi connectivity index (χ1) is 36.9. The Hall–Kier alpha value is -7.82. The molecule has 0 spiro atoms. The van der Waals surface area contributed by atoms with Gasteiger partial charge in [-0.1, -0.05) is 187 Å². The summed E-state index contributed by atoms with van der Waals surface area (Å²) < 4.78 is 90.3. The second-order valence-corrected chi connectivity index (χ2v) is 19.4. The third-order valence-electron chi connectivity index (χ3n) is 12.7. The maximum absolute atomic E-state index is 12.7. The first-order valence-corrected chi connectivity index (χ1v) is 22.8. The number of nitrogens with zero attached hydrogens (tertiary/aromatic N) is 3. The number of rotatable bonds is 8. The molecule has 10 aromatic rings. The molecule has 8 aromatic carbocycles. The third-order valence-corrected chi connectivity index (χ3v) is 12.7. The van der Waals surface area contributed by atoms with Crippen molar-refractivity contribution in [3.8, 4) is 89.7 Å². The quantitative estimate of drug-likeness (QED) is 0.165. The third kappa shape index (κ3) is 8.21. The number of hydrogen-bond acceptors (Lipinski definition) is 3. The van der Waals surface area contributed by atoms with Crippen molar-refractivity contribution in [3.05, 3.63) is 216 Å². The van der Waals surface area contributed by atoms with Crippen LogP contribution >= 0.6 is 0 Å². The Balaban J connectivity index is 1.35. The monoisotopic (exact) mass is 894 g/mol. The SMILES string of the molecule is [2H]c1c([2H])c([2H])c(-c2ccc(-n3c(-c4cc(C(C)(C)C)cc(C(C)(C)C)c4O)nc4c(-c5cc(-c6ccccc6)cc(-c6ncc(C)c(-c7ccccc7)c6C)c5)cccc43)c(-c3c([2H])c([2H])c([2H])c([2H])c3[2H])c2)c([2H])c1[2H]. The average molecular weight is 894 g/mol. The largest absolute Gasteiger partial charge is 0.507 e. The predicted octanol–water partition coefficient (Wildman–Crippen LogP) is 17.0. The van der Waals surface area contributed by atoms with E-state index in [2.05, 4.69) is 77.1 Å². The van der Waals surface area contributed by atoms with Crippen molar-refractivity contribution in [3.63, 3.8) is 0 Å². The zero-order valence-corrected chi connectivity index (χ0v) is 39.5. The number of phenols is 1. The van der Waals surface area contributed by atoms with E-state index in [1.54, 1.807) is 12.1 Å². The molecule has 0 atom stereocenters. The van der Waals surface area contributed by atoms with Gasteiger partial charge in [0, 0.05) is 28.5 Å². The normalized spacial score (nSPS) is 13.9. The van der Waals surface area contributed by atoms with Gasteiger partial charge in [0.05, 0.1) is 41.7 Å². The van der Waals surface area contributed by atoms with Crippen LogP contribution in [0.2, 0.25) is 0 Å². The van der Waals surface area contributed by atoms with Gasteiger partial charge in [0.15, 0.2) is 0 Å². The average Bonchev–Trinajstić information content (AvgIpc) is 4.04. The number of aromatic hydroxyl groups is 1. The van der Waals surface area contributed by atoms with Gasteiger partial charge in [0.2, 0.25) is 0 Å². The van der Waals surface area contributed by atoms with Crippen LogP contribution in [0.15, 0.2) is 194 Å². The molecule has 0 bridgehead atoms. The zero-order valence-electron chi connectivity index (χ0n) is 49.5. The summed E-state index contributed by atoms with van der Waals surface area (Å²) in [5, 5.41) is 12.7. The molecule has 0 saturated heterocycles. The minimum Gasteiger partial charge on any atom is -0.507 e. The van der Waals surface area contributed by atoms with Crippen LogP contribution in [0.25, 0.3) is 95.0 Å². The summed E-state index contributed by atoms with van der Waals surface area (Å²) in [6, 6.07) is 35.8. The van der Waals surface area contributed by atoms with E-state index in [1.165, 1.54) is 6.07 Å². The highest BCUT2D eigenvalue weighted by atomic mass is 16.3. The van der Waals surface area contributed by atoms with E-state index in [1.807, 2.05) is 98.3 Å². The molecule has 2 heterocycles. The number of fused-ring (bicyclic) bond motifs is 1. The molecular weight excluding hydrogens is 827 g/mol. The minimum atomic E-state index is -0.599. The minimum absolute atomic E-state index is 0.0165. The molecule has 1 N–H and O–H groups in total. The first kappa shape index (κ1) is 33.6. The number of phenolic OH excluding ortho intramolecular Hbond substituents is 1. The van der Waals surface area contributed by atoms with Crippen LogP contribution in [-0.4, -0.2) is 19.6 Å². The lowest BCUT2D eigenvalue weighted by molar-refractivity contribution is 0.446. The summed E-state index contributed by atoms with van der Waals surface area (Å²) in [5.41, 5.74) is 11.6. The van der Waals surface area contributed by atoms with E-state index in [0.29, 0.717) is 22.2 Å². The summed E-state index contributed by atoms with van der Waals surface area (Å²) in [6.45, 7) is 16.5. The van der Waals surface area contributed by atoms with E-state index < -0.39 is 71.3 Å². The Morgan fingerprint density at radius 1 is 0.515 bits per heavy atom. The zero-order chi connectivity index (χ0) is 56.0. The van der Waals surface area contributed by atoms with Crippen LogP contribution in [0.4, 0.5) is 0 Å². The Morgan fingerprint density at radius 3 is 1.81 bits per heavy atom. The van der Waals surface area contributed by atoms with Gasteiger partial charge >= 0.3 is 0 Å². The predicted molar refractivity (Wildman–Crippen MR) is 285 cm³/mol. The number of hydrogen-bond donors (Lipinski definition) is 1. The smallest absolute Gasteiger partial charge is 0.149 e. The van der Waals surface area contributed by atoms with Gasteiger partial charge in [-0.25, -0.2) is 4.98 Å². The van der Waals surface area contributed by atoms with Crippen LogP contribution in [0, 0.1) is 13.8 Å². The summed E-state index contributed by atoms with van der Waals surface area (Å²) in [4.78, 5) is 10.6. The molecule has 10 rings (SSSR count). The van der Waals surface area contributed by atoms with E-state index in [-0.39, 0.29) is 39.5 Å². The maximum Gasteiger partial charge on any atom is 0.149 e. The fourth-order valence-corrected chi connectivity index (χ4v) is 9.23. The van der Waals surface area contributed by atoms with Crippen molar-refractivity contribution in [2.75, 3.05) is 0 Å². The summed E-state index contributed by atoms with van der Waals surface area (Å²) in [7, 11) is 0. The molecule has 68 heavy (non-hydrogen) atoms. The van der Waals surface area contributed by atoms with Crippen LogP contribution in [0.1, 0.15) is 77.5 Å². The molecule has 0 aliphatic carbocycles. The molecule has 0 aliphatic heterocycles. The van der Waals surface area contributed by atoms with Crippen molar-refractivity contribution in [2.24, 2.45) is 0 Å². The van der Waals surface area contributed by atoms with Gasteiger partial charge in [-0.3, -0.25) is 9.55 Å². The molecule has 4 heteroatoms. The Labute approximate surface area is 415 Å². The first-order valence-electron chi connectivity index (χ1n) is 27.8. The number of benzene rings is 8. The van der Waals surface area contributed by atoms with Gasteiger partial charge in [-0.2, -0.15) is 0 Å². The van der Waals surface area contributed by atoms with Crippen LogP contribution < -0.4 is 0 Å². The molecular formula is C64H57N3O.